The molecule has 208 valence electrons. The standard InChI is InChI=1S/C29H33Cl2N3O4S/c1-20(2)17-32-29(36)22(4)33(18-23-12-13-24(30)16-27(23)31)28(35)19-34(25-8-6-5-7-9-25)39(37,38)26-14-10-21(3)11-15-26/h5-16,20,22H,17-19H2,1-4H3,(H,32,36). The van der Waals surface area contributed by atoms with Crippen LogP contribution in [0.5, 0.6) is 0 Å². The third kappa shape index (κ3) is 7.97. The first-order chi connectivity index (χ1) is 18.4. The van der Waals surface area contributed by atoms with E-state index in [2.05, 4.69) is 5.32 Å². The molecule has 0 radical (unpaired) electrons. The highest BCUT2D eigenvalue weighted by molar-refractivity contribution is 7.92. The van der Waals surface area contributed by atoms with Gasteiger partial charge in [-0.3, -0.25) is 13.9 Å². The van der Waals surface area contributed by atoms with Crippen molar-refractivity contribution in [1.82, 2.24) is 10.2 Å². The van der Waals surface area contributed by atoms with Gasteiger partial charge in [-0.1, -0.05) is 79.0 Å². The Morgan fingerprint density at radius 2 is 1.56 bits per heavy atom. The SMILES string of the molecule is Cc1ccc(S(=O)(=O)N(CC(=O)N(Cc2ccc(Cl)cc2Cl)C(C)C(=O)NCC(C)C)c2ccccc2)cc1. The van der Waals surface area contributed by atoms with E-state index in [1.165, 1.54) is 17.0 Å². The number of hydrogen-bond donors (Lipinski definition) is 1. The van der Waals surface area contributed by atoms with Crippen molar-refractivity contribution in [2.24, 2.45) is 5.92 Å². The van der Waals surface area contributed by atoms with Crippen LogP contribution in [0.15, 0.2) is 77.7 Å². The number of hydrogen-bond acceptors (Lipinski definition) is 4. The largest absolute Gasteiger partial charge is 0.354 e. The zero-order chi connectivity index (χ0) is 28.7. The Hall–Kier alpha value is -3.07. The number of nitrogens with one attached hydrogen (secondary N) is 1. The van der Waals surface area contributed by atoms with Crippen molar-refractivity contribution in [3.8, 4) is 0 Å². The molecule has 0 aliphatic heterocycles. The summed E-state index contributed by atoms with van der Waals surface area (Å²) in [4.78, 5) is 28.3. The summed E-state index contributed by atoms with van der Waals surface area (Å²) in [6, 6.07) is 18.8. The molecule has 1 unspecified atom stereocenters. The Labute approximate surface area is 240 Å². The van der Waals surface area contributed by atoms with Crippen molar-refractivity contribution in [2.75, 3.05) is 17.4 Å². The summed E-state index contributed by atoms with van der Waals surface area (Å²) >= 11 is 12.5. The fourth-order valence-electron chi connectivity index (χ4n) is 3.83. The maximum absolute atomic E-state index is 13.9. The van der Waals surface area contributed by atoms with Crippen LogP contribution in [0, 0.1) is 12.8 Å². The summed E-state index contributed by atoms with van der Waals surface area (Å²) in [5.74, 6) is -0.702. The van der Waals surface area contributed by atoms with Crippen molar-refractivity contribution >= 4 is 50.7 Å². The van der Waals surface area contributed by atoms with Gasteiger partial charge in [0.1, 0.15) is 12.6 Å². The number of benzene rings is 3. The molecule has 0 aromatic heterocycles. The van der Waals surface area contributed by atoms with Gasteiger partial charge in [0.25, 0.3) is 10.0 Å². The predicted octanol–water partition coefficient (Wildman–Crippen LogP) is 5.69. The third-order valence-corrected chi connectivity index (χ3v) is 8.51. The highest BCUT2D eigenvalue weighted by Crippen LogP contribution is 2.26. The Balaban J connectivity index is 2.01. The van der Waals surface area contributed by atoms with Crippen LogP contribution in [0.4, 0.5) is 5.69 Å². The molecule has 1 N–H and O–H groups in total. The number of aryl methyl sites for hydroxylation is 1. The van der Waals surface area contributed by atoms with Crippen molar-refractivity contribution in [2.45, 2.75) is 45.2 Å². The minimum absolute atomic E-state index is 0.0156. The average molecular weight is 591 g/mol. The van der Waals surface area contributed by atoms with E-state index < -0.39 is 28.5 Å². The lowest BCUT2D eigenvalue weighted by atomic mass is 10.1. The van der Waals surface area contributed by atoms with Gasteiger partial charge in [0.15, 0.2) is 0 Å². The number of amides is 2. The van der Waals surface area contributed by atoms with E-state index in [1.807, 2.05) is 20.8 Å². The van der Waals surface area contributed by atoms with Crippen LogP contribution in [0.3, 0.4) is 0 Å². The molecule has 3 rings (SSSR count). The topological polar surface area (TPSA) is 86.8 Å². The van der Waals surface area contributed by atoms with E-state index in [1.54, 1.807) is 67.6 Å². The molecule has 0 aliphatic rings. The van der Waals surface area contributed by atoms with E-state index >= 15 is 0 Å². The van der Waals surface area contributed by atoms with E-state index in [0.717, 1.165) is 9.87 Å². The summed E-state index contributed by atoms with van der Waals surface area (Å²) in [6.07, 6.45) is 0. The summed E-state index contributed by atoms with van der Waals surface area (Å²) in [5.41, 5.74) is 1.81. The fraction of sp³-hybridized carbons (Fsp3) is 0.310. The highest BCUT2D eigenvalue weighted by Gasteiger charge is 2.32. The third-order valence-electron chi connectivity index (χ3n) is 6.14. The second-order valence-electron chi connectivity index (χ2n) is 9.73. The molecule has 7 nitrogen and oxygen atoms in total. The van der Waals surface area contributed by atoms with Crippen molar-refractivity contribution in [3.63, 3.8) is 0 Å². The lowest BCUT2D eigenvalue weighted by molar-refractivity contribution is -0.139. The number of para-hydroxylation sites is 1. The molecule has 0 saturated carbocycles. The predicted molar refractivity (Wildman–Crippen MR) is 156 cm³/mol. The zero-order valence-corrected chi connectivity index (χ0v) is 24.7. The van der Waals surface area contributed by atoms with Crippen molar-refractivity contribution < 1.29 is 18.0 Å². The van der Waals surface area contributed by atoms with E-state index in [9.17, 15) is 18.0 Å². The van der Waals surface area contributed by atoms with Gasteiger partial charge in [-0.2, -0.15) is 0 Å². The number of anilines is 1. The lowest BCUT2D eigenvalue weighted by Crippen LogP contribution is -2.51. The first kappa shape index (κ1) is 30.5. The summed E-state index contributed by atoms with van der Waals surface area (Å²) in [6.45, 7) is 7.31. The number of halogens is 2. The number of carbonyl (C=O) groups is 2. The van der Waals surface area contributed by atoms with Gasteiger partial charge in [0, 0.05) is 23.1 Å². The quantitative estimate of drug-likeness (QED) is 0.311. The van der Waals surface area contributed by atoms with E-state index in [0.29, 0.717) is 27.8 Å². The van der Waals surface area contributed by atoms with Crippen LogP contribution in [-0.2, 0) is 26.2 Å². The second-order valence-corrected chi connectivity index (χ2v) is 12.4. The molecular formula is C29H33Cl2N3O4S. The first-order valence-electron chi connectivity index (χ1n) is 12.6. The molecule has 2 amide bonds. The van der Waals surface area contributed by atoms with Crippen molar-refractivity contribution in [1.29, 1.82) is 0 Å². The molecule has 0 spiro atoms. The molecule has 3 aromatic carbocycles. The molecule has 0 saturated heterocycles. The number of sulfonamides is 1. The van der Waals surface area contributed by atoms with Gasteiger partial charge >= 0.3 is 0 Å². The van der Waals surface area contributed by atoms with Gasteiger partial charge in [0.05, 0.1) is 10.6 Å². The zero-order valence-electron chi connectivity index (χ0n) is 22.4. The molecular weight excluding hydrogens is 557 g/mol. The molecule has 39 heavy (non-hydrogen) atoms. The summed E-state index contributed by atoms with van der Waals surface area (Å²) in [7, 11) is -4.11. The Kier molecular flexibility index (Phi) is 10.4. The molecule has 1 atom stereocenters. The van der Waals surface area contributed by atoms with Crippen LogP contribution in [0.2, 0.25) is 10.0 Å². The second kappa shape index (κ2) is 13.3. The van der Waals surface area contributed by atoms with Gasteiger partial charge in [0.2, 0.25) is 11.8 Å². The number of nitrogens with zero attached hydrogens (tertiary/aromatic N) is 2. The maximum Gasteiger partial charge on any atom is 0.264 e. The Morgan fingerprint density at radius 1 is 0.923 bits per heavy atom. The maximum atomic E-state index is 13.9. The minimum Gasteiger partial charge on any atom is -0.354 e. The fourth-order valence-corrected chi connectivity index (χ4v) is 5.71. The van der Waals surface area contributed by atoms with Crippen LogP contribution in [-0.4, -0.2) is 44.3 Å². The molecule has 10 heteroatoms. The van der Waals surface area contributed by atoms with Crippen LogP contribution in [0.25, 0.3) is 0 Å². The minimum atomic E-state index is -4.11. The molecule has 0 fully saturated rings. The van der Waals surface area contributed by atoms with E-state index in [4.69, 9.17) is 23.2 Å². The van der Waals surface area contributed by atoms with Gasteiger partial charge in [-0.15, -0.1) is 0 Å². The summed E-state index contributed by atoms with van der Waals surface area (Å²) in [5, 5.41) is 3.62. The Morgan fingerprint density at radius 3 is 2.15 bits per heavy atom. The van der Waals surface area contributed by atoms with Gasteiger partial charge in [-0.25, -0.2) is 8.42 Å². The van der Waals surface area contributed by atoms with Crippen LogP contribution >= 0.6 is 23.2 Å². The monoisotopic (exact) mass is 589 g/mol. The highest BCUT2D eigenvalue weighted by atomic mass is 35.5. The van der Waals surface area contributed by atoms with Crippen LogP contribution in [0.1, 0.15) is 31.9 Å². The molecule has 0 aliphatic carbocycles. The number of rotatable bonds is 11. The van der Waals surface area contributed by atoms with Gasteiger partial charge < -0.3 is 10.2 Å². The Bertz CT molecular complexity index is 1400. The van der Waals surface area contributed by atoms with E-state index in [-0.39, 0.29) is 23.3 Å². The molecule has 0 heterocycles. The lowest BCUT2D eigenvalue weighted by Gasteiger charge is -2.32. The molecule has 3 aromatic rings. The smallest absolute Gasteiger partial charge is 0.264 e. The number of carbonyl (C=O) groups excluding carboxylic acids is 2. The van der Waals surface area contributed by atoms with Crippen molar-refractivity contribution in [3.05, 3.63) is 94.0 Å². The van der Waals surface area contributed by atoms with Crippen LogP contribution < -0.4 is 9.62 Å². The van der Waals surface area contributed by atoms with Gasteiger partial charge in [-0.05, 0) is 61.7 Å². The first-order valence-corrected chi connectivity index (χ1v) is 14.7. The normalized spacial score (nSPS) is 12.2. The average Bonchev–Trinajstić information content (AvgIpc) is 2.90. The molecule has 0 bridgehead atoms. The summed E-state index contributed by atoms with van der Waals surface area (Å²) < 4.78 is 28.6.